The molecule has 0 saturated carbocycles. The number of hydrogen-bond donors (Lipinski definition) is 2. The Morgan fingerprint density at radius 1 is 1.42 bits per heavy atom. The van der Waals surface area contributed by atoms with E-state index in [4.69, 9.17) is 22.7 Å². The summed E-state index contributed by atoms with van der Waals surface area (Å²) < 4.78 is 19.1. The first kappa shape index (κ1) is 19.8. The predicted molar refractivity (Wildman–Crippen MR) is 105 cm³/mol. The summed E-state index contributed by atoms with van der Waals surface area (Å²) in [6.45, 7) is 2.73. The van der Waals surface area contributed by atoms with Gasteiger partial charge in [0.25, 0.3) is 0 Å². The van der Waals surface area contributed by atoms with Crippen molar-refractivity contribution >= 4 is 35.3 Å². The Bertz CT molecular complexity index is 745. The minimum atomic E-state index is -0.323. The van der Waals surface area contributed by atoms with Crippen LogP contribution in [0.1, 0.15) is 31.7 Å². The van der Waals surface area contributed by atoms with Crippen LogP contribution < -0.4 is 15.8 Å². The number of nitrogens with one attached hydrogen (secondary N) is 1. The first-order valence-corrected chi connectivity index (χ1v) is 8.73. The fourth-order valence-electron chi connectivity index (χ4n) is 2.69. The van der Waals surface area contributed by atoms with Gasteiger partial charge in [-0.3, -0.25) is 5.32 Å². The average molecular weight is 378 g/mol. The minimum absolute atomic E-state index is 0.0512. The zero-order valence-corrected chi connectivity index (χ0v) is 15.7. The van der Waals surface area contributed by atoms with Crippen LogP contribution in [0.4, 0.5) is 9.18 Å². The molecule has 1 aromatic carbocycles. The van der Waals surface area contributed by atoms with E-state index in [1.165, 1.54) is 13.2 Å². The number of benzene rings is 1. The molecule has 0 aromatic heterocycles. The Balaban J connectivity index is 2.00. The number of likely N-dealkylation sites (tertiary alicyclic amines) is 1. The molecule has 26 heavy (non-hydrogen) atoms. The van der Waals surface area contributed by atoms with E-state index in [9.17, 15) is 9.18 Å². The molecule has 1 heterocycles. The number of hydrogen-bond acceptors (Lipinski definition) is 3. The summed E-state index contributed by atoms with van der Waals surface area (Å²) in [7, 11) is 1.50. The van der Waals surface area contributed by atoms with E-state index < -0.39 is 0 Å². The van der Waals surface area contributed by atoms with Crippen LogP contribution in [0.25, 0.3) is 6.08 Å². The Hall–Kier alpha value is -2.48. The van der Waals surface area contributed by atoms with Gasteiger partial charge in [-0.15, -0.1) is 0 Å². The van der Waals surface area contributed by atoms with Crippen molar-refractivity contribution in [2.24, 2.45) is 10.7 Å². The number of rotatable bonds is 2. The summed E-state index contributed by atoms with van der Waals surface area (Å²) in [6.07, 6.45) is 4.12. The van der Waals surface area contributed by atoms with Crippen molar-refractivity contribution in [2.75, 3.05) is 20.2 Å². The maximum Gasteiger partial charge on any atom is 0.323 e. The third-order valence-electron chi connectivity index (χ3n) is 3.97. The highest BCUT2D eigenvalue weighted by atomic mass is 32.1. The number of carbonyl (C=O) groups excluding carboxylic acids is 1. The van der Waals surface area contributed by atoms with E-state index in [2.05, 4.69) is 10.3 Å². The second-order valence-corrected chi connectivity index (χ2v) is 6.41. The number of carbonyl (C=O) groups is 1. The van der Waals surface area contributed by atoms with Crippen molar-refractivity contribution in [1.29, 1.82) is 0 Å². The van der Waals surface area contributed by atoms with E-state index in [1.54, 1.807) is 24.0 Å². The van der Waals surface area contributed by atoms with Crippen molar-refractivity contribution in [3.8, 4) is 5.75 Å². The van der Waals surface area contributed by atoms with Gasteiger partial charge in [0.15, 0.2) is 0 Å². The Labute approximate surface area is 157 Å². The summed E-state index contributed by atoms with van der Waals surface area (Å²) in [5, 5.41) is 2.60. The van der Waals surface area contributed by atoms with Crippen LogP contribution in [0.5, 0.6) is 5.75 Å². The van der Waals surface area contributed by atoms with Crippen LogP contribution in [0.3, 0.4) is 0 Å². The minimum Gasteiger partial charge on any atom is -0.497 e. The maximum atomic E-state index is 14.1. The van der Waals surface area contributed by atoms with E-state index >= 15 is 0 Å². The molecule has 3 N–H and O–H groups in total. The fourth-order valence-corrected chi connectivity index (χ4v) is 2.92. The molecule has 1 aliphatic rings. The zero-order chi connectivity index (χ0) is 19.1. The monoisotopic (exact) mass is 378 g/mol. The molecule has 0 bridgehead atoms. The third kappa shape index (κ3) is 5.80. The number of aliphatic imine (C=N–C) groups is 1. The van der Waals surface area contributed by atoms with E-state index in [-0.39, 0.29) is 22.8 Å². The van der Waals surface area contributed by atoms with E-state index in [0.29, 0.717) is 30.8 Å². The summed E-state index contributed by atoms with van der Waals surface area (Å²) in [5.41, 5.74) is 7.07. The Kier molecular flexibility index (Phi) is 7.08. The summed E-state index contributed by atoms with van der Waals surface area (Å²) in [5.74, 6) is 0.452. The number of amides is 2. The molecule has 140 valence electrons. The molecular formula is C18H23FN4O2S. The van der Waals surface area contributed by atoms with Gasteiger partial charge in [0.2, 0.25) is 5.11 Å². The number of halogens is 1. The highest BCUT2D eigenvalue weighted by molar-refractivity contribution is 7.80. The predicted octanol–water partition coefficient (Wildman–Crippen LogP) is 3.08. The molecule has 1 aliphatic heterocycles. The number of ether oxygens (including phenoxy) is 1. The second-order valence-electron chi connectivity index (χ2n) is 6.02. The van der Waals surface area contributed by atoms with Crippen molar-refractivity contribution < 1.29 is 13.9 Å². The average Bonchev–Trinajstić information content (AvgIpc) is 2.81. The summed E-state index contributed by atoms with van der Waals surface area (Å²) >= 11 is 4.96. The molecule has 1 aromatic rings. The molecule has 8 heteroatoms. The summed E-state index contributed by atoms with van der Waals surface area (Å²) in [4.78, 5) is 17.8. The lowest BCUT2D eigenvalue weighted by Crippen LogP contribution is -2.42. The largest absolute Gasteiger partial charge is 0.497 e. The van der Waals surface area contributed by atoms with Crippen molar-refractivity contribution in [2.45, 2.75) is 26.2 Å². The zero-order valence-electron chi connectivity index (χ0n) is 14.9. The van der Waals surface area contributed by atoms with E-state index in [0.717, 1.165) is 18.4 Å². The molecule has 0 unspecified atom stereocenters. The summed E-state index contributed by atoms with van der Waals surface area (Å²) in [6, 6.07) is 4.50. The normalized spacial score (nSPS) is 17.0. The molecule has 0 atom stereocenters. The van der Waals surface area contributed by atoms with Gasteiger partial charge in [-0.05, 0) is 50.5 Å². The quantitative estimate of drug-likeness (QED) is 0.471. The number of amidine groups is 1. The highest BCUT2D eigenvalue weighted by Gasteiger charge is 2.18. The lowest BCUT2D eigenvalue weighted by Gasteiger charge is -2.20. The van der Waals surface area contributed by atoms with Crippen LogP contribution in [0.15, 0.2) is 28.8 Å². The highest BCUT2D eigenvalue weighted by Crippen LogP contribution is 2.23. The van der Waals surface area contributed by atoms with Gasteiger partial charge in [-0.2, -0.15) is 0 Å². The van der Waals surface area contributed by atoms with Crippen molar-refractivity contribution in [3.63, 3.8) is 0 Å². The first-order chi connectivity index (χ1) is 12.4. The number of nitrogens with zero attached hydrogens (tertiary/aromatic N) is 2. The SMILES string of the molecule is COc1ccc(/C=C2/CCCN(C(=O)NC(=S)/N=C(/C)N)CC2)c(F)c1. The second kappa shape index (κ2) is 9.28. The third-order valence-corrected chi connectivity index (χ3v) is 4.17. The first-order valence-electron chi connectivity index (χ1n) is 8.32. The number of nitrogens with two attached hydrogens (primary N) is 1. The van der Waals surface area contributed by atoms with Crippen LogP contribution in [-0.2, 0) is 0 Å². The fraction of sp³-hybridized carbons (Fsp3) is 0.389. The van der Waals surface area contributed by atoms with Gasteiger partial charge in [0.1, 0.15) is 11.6 Å². The smallest absolute Gasteiger partial charge is 0.323 e. The topological polar surface area (TPSA) is 80.0 Å². The standard InChI is InChI=1S/C18H23FN4O2S/c1-12(20)21-17(26)22-18(24)23-8-3-4-13(7-9-23)10-14-5-6-15(25-2)11-16(14)19/h5-6,10-11H,3-4,7-9H2,1-2H3,(H3,20,21,22,24,26)/b13-10-. The van der Waals surface area contributed by atoms with Gasteiger partial charge in [-0.1, -0.05) is 11.6 Å². The number of thiocarbonyl (C=S) groups is 1. The van der Waals surface area contributed by atoms with Crippen LogP contribution in [0, 0.1) is 5.82 Å². The van der Waals surface area contributed by atoms with Gasteiger partial charge in [-0.25, -0.2) is 14.2 Å². The van der Waals surface area contributed by atoms with Crippen molar-refractivity contribution in [3.05, 3.63) is 35.2 Å². The molecule has 2 rings (SSSR count). The molecular weight excluding hydrogens is 355 g/mol. The van der Waals surface area contributed by atoms with Crippen LogP contribution >= 0.6 is 12.2 Å². The van der Waals surface area contributed by atoms with Gasteiger partial charge in [0.05, 0.1) is 12.9 Å². The van der Waals surface area contributed by atoms with Crippen LogP contribution in [0.2, 0.25) is 0 Å². The molecule has 0 radical (unpaired) electrons. The van der Waals surface area contributed by atoms with E-state index in [1.807, 2.05) is 6.08 Å². The molecule has 1 saturated heterocycles. The lowest BCUT2D eigenvalue weighted by molar-refractivity contribution is 0.205. The maximum absolute atomic E-state index is 14.1. The number of urea groups is 1. The molecule has 0 aliphatic carbocycles. The molecule has 2 amide bonds. The van der Waals surface area contributed by atoms with Crippen LogP contribution in [-0.4, -0.2) is 42.1 Å². The Morgan fingerprint density at radius 2 is 2.19 bits per heavy atom. The van der Waals surface area contributed by atoms with Gasteiger partial charge >= 0.3 is 6.03 Å². The molecule has 0 spiro atoms. The van der Waals surface area contributed by atoms with Gasteiger partial charge < -0.3 is 15.4 Å². The molecule has 1 fully saturated rings. The molecule has 6 nitrogen and oxygen atoms in total. The number of methoxy groups -OCH3 is 1. The lowest BCUT2D eigenvalue weighted by atomic mass is 10.0. The van der Waals surface area contributed by atoms with Crippen molar-refractivity contribution in [1.82, 2.24) is 10.2 Å². The van der Waals surface area contributed by atoms with Gasteiger partial charge in [0, 0.05) is 24.7 Å². The Morgan fingerprint density at radius 3 is 2.85 bits per heavy atom.